The number of fused-ring (bicyclic) bond motifs is 2. The van der Waals surface area contributed by atoms with E-state index in [1.807, 2.05) is 0 Å². The molecule has 1 heterocycles. The van der Waals surface area contributed by atoms with Gasteiger partial charge >= 0.3 is 0 Å². The summed E-state index contributed by atoms with van der Waals surface area (Å²) in [4.78, 5) is 0. The molecule has 0 aliphatic rings. The van der Waals surface area contributed by atoms with Crippen molar-refractivity contribution in [3.63, 3.8) is 0 Å². The van der Waals surface area contributed by atoms with Crippen molar-refractivity contribution in [1.82, 2.24) is 4.57 Å². The van der Waals surface area contributed by atoms with Crippen molar-refractivity contribution in [1.29, 1.82) is 0 Å². The van der Waals surface area contributed by atoms with Crippen LogP contribution in [-0.2, 0) is 13.6 Å². The van der Waals surface area contributed by atoms with E-state index in [1.54, 1.807) is 0 Å². The largest absolute Gasteiger partial charge is 0.331 e. The molecule has 0 radical (unpaired) electrons. The van der Waals surface area contributed by atoms with Crippen LogP contribution in [0.3, 0.4) is 0 Å². The predicted molar refractivity (Wildman–Crippen MR) is 88.1 cm³/mol. The number of aromatic nitrogens is 2. The van der Waals surface area contributed by atoms with Crippen LogP contribution in [0.25, 0.3) is 21.8 Å². The van der Waals surface area contributed by atoms with E-state index in [1.165, 1.54) is 34.8 Å². The monoisotopic (exact) mass is 283 g/mol. The molecule has 0 N–H and O–H groups in total. The number of quaternary nitrogens is 1. The highest BCUT2D eigenvalue weighted by Crippen LogP contribution is 2.21. The Morgan fingerprint density at radius 2 is 1.71 bits per heavy atom. The third-order valence-corrected chi connectivity index (χ3v) is 4.07. The molecule has 21 heavy (non-hydrogen) atoms. The molecular formula is C18H25N3+2. The van der Waals surface area contributed by atoms with Gasteiger partial charge in [-0.1, -0.05) is 24.3 Å². The van der Waals surface area contributed by atoms with Crippen LogP contribution in [0.4, 0.5) is 0 Å². The number of hydrogen-bond donors (Lipinski definition) is 0. The van der Waals surface area contributed by atoms with Gasteiger partial charge in [0.05, 0.1) is 41.3 Å². The molecule has 0 aliphatic carbocycles. The van der Waals surface area contributed by atoms with Crippen LogP contribution >= 0.6 is 0 Å². The van der Waals surface area contributed by atoms with Crippen LogP contribution in [0.1, 0.15) is 6.42 Å². The SMILES string of the molecule is C[n+]1cn(CCC[N+](C)(C)C)c2cc3ccccc3cc21. The number of nitrogens with zero attached hydrogens (tertiary/aromatic N) is 3. The van der Waals surface area contributed by atoms with Gasteiger partial charge < -0.3 is 4.48 Å². The fourth-order valence-electron chi connectivity index (χ4n) is 2.96. The van der Waals surface area contributed by atoms with Gasteiger partial charge in [0, 0.05) is 6.42 Å². The summed E-state index contributed by atoms with van der Waals surface area (Å²) >= 11 is 0. The highest BCUT2D eigenvalue weighted by molar-refractivity contribution is 5.93. The Morgan fingerprint density at radius 1 is 1.05 bits per heavy atom. The standard InChI is InChI=1S/C18H25N3/c1-19-14-20(10-7-11-21(2,3)4)18-13-16-9-6-5-8-15(16)12-17(18)19/h5-6,8-9,12-14H,7,10-11H2,1-4H3/q+2. The zero-order valence-corrected chi connectivity index (χ0v) is 13.5. The lowest BCUT2D eigenvalue weighted by molar-refractivity contribution is -0.870. The summed E-state index contributed by atoms with van der Waals surface area (Å²) in [5.74, 6) is 0. The van der Waals surface area contributed by atoms with Gasteiger partial charge in [0.25, 0.3) is 0 Å². The fourth-order valence-corrected chi connectivity index (χ4v) is 2.96. The zero-order chi connectivity index (χ0) is 15.0. The summed E-state index contributed by atoms with van der Waals surface area (Å²) in [6.07, 6.45) is 3.42. The Kier molecular flexibility index (Phi) is 3.46. The van der Waals surface area contributed by atoms with Crippen molar-refractivity contribution < 1.29 is 9.05 Å². The third-order valence-electron chi connectivity index (χ3n) is 4.07. The van der Waals surface area contributed by atoms with Gasteiger partial charge in [0.15, 0.2) is 11.0 Å². The summed E-state index contributed by atoms with van der Waals surface area (Å²) in [5.41, 5.74) is 2.64. The van der Waals surface area contributed by atoms with Crippen molar-refractivity contribution in [3.05, 3.63) is 42.7 Å². The molecule has 3 nitrogen and oxygen atoms in total. The van der Waals surface area contributed by atoms with E-state index in [0.29, 0.717) is 0 Å². The lowest BCUT2D eigenvalue weighted by Gasteiger charge is -2.23. The highest BCUT2D eigenvalue weighted by atomic mass is 15.3. The average molecular weight is 283 g/mol. The zero-order valence-electron chi connectivity index (χ0n) is 13.5. The molecule has 0 fully saturated rings. The lowest BCUT2D eigenvalue weighted by Crippen LogP contribution is -2.35. The minimum atomic E-state index is 1.02. The summed E-state index contributed by atoms with van der Waals surface area (Å²) in [6.45, 7) is 2.27. The molecule has 0 saturated carbocycles. The maximum atomic E-state index is 2.39. The van der Waals surface area contributed by atoms with E-state index < -0.39 is 0 Å². The van der Waals surface area contributed by atoms with Crippen molar-refractivity contribution in [2.24, 2.45) is 7.05 Å². The van der Waals surface area contributed by atoms with Gasteiger partial charge in [-0.3, -0.25) is 0 Å². The van der Waals surface area contributed by atoms with Crippen molar-refractivity contribution in [2.45, 2.75) is 13.0 Å². The van der Waals surface area contributed by atoms with E-state index in [-0.39, 0.29) is 0 Å². The van der Waals surface area contributed by atoms with E-state index in [0.717, 1.165) is 11.0 Å². The first-order valence-electron chi connectivity index (χ1n) is 7.62. The molecule has 0 bridgehead atoms. The fraction of sp³-hybridized carbons (Fsp3) is 0.389. The topological polar surface area (TPSA) is 8.81 Å². The van der Waals surface area contributed by atoms with Gasteiger partial charge in [0.1, 0.15) is 0 Å². The minimum Gasteiger partial charge on any atom is -0.331 e. The molecule has 3 rings (SSSR count). The van der Waals surface area contributed by atoms with Crippen LogP contribution < -0.4 is 4.57 Å². The van der Waals surface area contributed by atoms with E-state index in [2.05, 4.69) is 80.1 Å². The second kappa shape index (κ2) is 5.15. The molecule has 0 saturated heterocycles. The first-order chi connectivity index (χ1) is 9.94. The Hall–Kier alpha value is -1.87. The second-order valence-electron chi connectivity index (χ2n) is 6.98. The molecule has 110 valence electrons. The van der Waals surface area contributed by atoms with Gasteiger partial charge in [-0.2, -0.15) is 0 Å². The maximum Gasteiger partial charge on any atom is 0.244 e. The first-order valence-corrected chi connectivity index (χ1v) is 7.62. The number of benzene rings is 2. The maximum absolute atomic E-state index is 2.39. The summed E-state index contributed by atoms with van der Waals surface area (Å²) in [5, 5.41) is 2.63. The van der Waals surface area contributed by atoms with Gasteiger partial charge in [-0.15, -0.1) is 0 Å². The molecule has 0 unspecified atom stereocenters. The van der Waals surface area contributed by atoms with E-state index in [9.17, 15) is 0 Å². The molecular weight excluding hydrogens is 258 g/mol. The van der Waals surface area contributed by atoms with Crippen LogP contribution in [0.2, 0.25) is 0 Å². The Bertz CT molecular complexity index is 778. The normalized spacial score (nSPS) is 12.4. The van der Waals surface area contributed by atoms with Gasteiger partial charge in [-0.25, -0.2) is 9.13 Å². The quantitative estimate of drug-likeness (QED) is 0.514. The molecule has 0 amide bonds. The van der Waals surface area contributed by atoms with Crippen molar-refractivity contribution in [2.75, 3.05) is 27.7 Å². The summed E-state index contributed by atoms with van der Waals surface area (Å²) in [6, 6.07) is 13.2. The second-order valence-corrected chi connectivity index (χ2v) is 6.98. The minimum absolute atomic E-state index is 1.02. The molecule has 3 heteroatoms. The highest BCUT2D eigenvalue weighted by Gasteiger charge is 2.15. The Morgan fingerprint density at radius 3 is 2.38 bits per heavy atom. The molecule has 0 aliphatic heterocycles. The summed E-state index contributed by atoms with van der Waals surface area (Å²) < 4.78 is 5.64. The smallest absolute Gasteiger partial charge is 0.244 e. The summed E-state index contributed by atoms with van der Waals surface area (Å²) in [7, 11) is 8.89. The molecule has 0 spiro atoms. The van der Waals surface area contributed by atoms with Crippen molar-refractivity contribution >= 4 is 21.8 Å². The van der Waals surface area contributed by atoms with Crippen LogP contribution in [0.5, 0.6) is 0 Å². The van der Waals surface area contributed by atoms with Crippen LogP contribution in [-0.4, -0.2) is 36.7 Å². The van der Waals surface area contributed by atoms with E-state index in [4.69, 9.17) is 0 Å². The van der Waals surface area contributed by atoms with Gasteiger partial charge in [0.2, 0.25) is 6.33 Å². The molecule has 3 aromatic rings. The number of rotatable bonds is 4. The first kappa shape index (κ1) is 14.1. The number of imidazole rings is 1. The molecule has 2 aromatic carbocycles. The number of hydrogen-bond acceptors (Lipinski definition) is 0. The van der Waals surface area contributed by atoms with Crippen molar-refractivity contribution in [3.8, 4) is 0 Å². The molecule has 1 aromatic heterocycles. The van der Waals surface area contributed by atoms with Crippen LogP contribution in [0, 0.1) is 0 Å². The third kappa shape index (κ3) is 2.93. The average Bonchev–Trinajstić information content (AvgIpc) is 2.72. The predicted octanol–water partition coefficient (Wildman–Crippen LogP) is 2.72. The molecule has 0 atom stereocenters. The van der Waals surface area contributed by atoms with Crippen LogP contribution in [0.15, 0.2) is 42.7 Å². The number of aryl methyl sites for hydroxylation is 2. The van der Waals surface area contributed by atoms with E-state index >= 15 is 0 Å². The van der Waals surface area contributed by atoms with Gasteiger partial charge in [-0.05, 0) is 22.9 Å². The Balaban J connectivity index is 1.97. The Labute approximate surface area is 126 Å². The lowest BCUT2D eigenvalue weighted by atomic mass is 10.1.